The number of rotatable bonds is 1. The second kappa shape index (κ2) is 3.24. The Morgan fingerprint density at radius 3 is 2.47 bits per heavy atom. The van der Waals surface area contributed by atoms with Gasteiger partial charge in [-0.3, -0.25) is 10.1 Å². The molecule has 4 nitrogen and oxygen atoms in total. The van der Waals surface area contributed by atoms with E-state index in [0.717, 1.165) is 0 Å². The van der Waals surface area contributed by atoms with Gasteiger partial charge in [0.1, 0.15) is 5.54 Å². The third-order valence-electron chi connectivity index (χ3n) is 2.46. The molecule has 3 amide bonds. The molecule has 1 aliphatic rings. The van der Waals surface area contributed by atoms with E-state index in [2.05, 4.69) is 10.6 Å². The van der Waals surface area contributed by atoms with Gasteiger partial charge in [-0.2, -0.15) is 0 Å². The number of carbonyl (C=O) groups excluding carboxylic acids is 2. The third kappa shape index (κ3) is 1.47. The van der Waals surface area contributed by atoms with Gasteiger partial charge in [0.05, 0.1) is 0 Å². The topological polar surface area (TPSA) is 58.2 Å². The summed E-state index contributed by atoms with van der Waals surface area (Å²) in [4.78, 5) is 22.7. The molecule has 0 radical (unpaired) electrons. The molecule has 1 fully saturated rings. The standard InChI is InChI=1S/C10H9ClN2O2/c1-10(8(14)12-9(15)13-10)6-4-2-3-5-7(6)11/h2-5H,1H3,(H2,12,13,14,15)/t10-/m1/s1. The second-order valence-electron chi connectivity index (χ2n) is 3.51. The van der Waals surface area contributed by atoms with Crippen molar-refractivity contribution < 1.29 is 9.59 Å². The van der Waals surface area contributed by atoms with Gasteiger partial charge in [-0.05, 0) is 13.0 Å². The fourth-order valence-corrected chi connectivity index (χ4v) is 1.92. The van der Waals surface area contributed by atoms with E-state index in [1.165, 1.54) is 0 Å². The van der Waals surface area contributed by atoms with Gasteiger partial charge >= 0.3 is 6.03 Å². The van der Waals surface area contributed by atoms with Crippen LogP contribution in [0.3, 0.4) is 0 Å². The molecule has 1 aliphatic heterocycles. The lowest BCUT2D eigenvalue weighted by atomic mass is 9.92. The van der Waals surface area contributed by atoms with Gasteiger partial charge in [0.25, 0.3) is 5.91 Å². The number of benzene rings is 1. The van der Waals surface area contributed by atoms with Crippen LogP contribution in [-0.4, -0.2) is 11.9 Å². The Labute approximate surface area is 91.6 Å². The number of halogens is 1. The van der Waals surface area contributed by atoms with Crippen LogP contribution in [0, 0.1) is 0 Å². The first-order valence-electron chi connectivity index (χ1n) is 4.42. The first-order chi connectivity index (χ1) is 7.04. The number of hydrogen-bond acceptors (Lipinski definition) is 2. The van der Waals surface area contributed by atoms with Gasteiger partial charge in [-0.15, -0.1) is 0 Å². The molecule has 1 aromatic carbocycles. The number of amides is 3. The SMILES string of the molecule is C[C@]1(c2ccccc2Cl)NC(=O)NC1=O. The van der Waals surface area contributed by atoms with E-state index in [4.69, 9.17) is 11.6 Å². The molecule has 5 heteroatoms. The first kappa shape index (κ1) is 9.98. The smallest absolute Gasteiger partial charge is 0.320 e. The molecular formula is C10H9ClN2O2. The van der Waals surface area contributed by atoms with Crippen LogP contribution in [0.5, 0.6) is 0 Å². The van der Waals surface area contributed by atoms with Gasteiger partial charge in [0.15, 0.2) is 0 Å². The lowest BCUT2D eigenvalue weighted by molar-refractivity contribution is -0.123. The third-order valence-corrected chi connectivity index (χ3v) is 2.79. The monoisotopic (exact) mass is 224 g/mol. The highest BCUT2D eigenvalue weighted by atomic mass is 35.5. The van der Waals surface area contributed by atoms with Crippen LogP contribution < -0.4 is 10.6 Å². The number of urea groups is 1. The van der Waals surface area contributed by atoms with Crippen molar-refractivity contribution in [2.45, 2.75) is 12.5 Å². The Balaban J connectivity index is 2.51. The maximum atomic E-state index is 11.6. The van der Waals surface area contributed by atoms with Crippen LogP contribution >= 0.6 is 11.6 Å². The summed E-state index contributed by atoms with van der Waals surface area (Å²) >= 11 is 5.98. The van der Waals surface area contributed by atoms with Crippen LogP contribution in [0.4, 0.5) is 4.79 Å². The Kier molecular flexibility index (Phi) is 2.16. The van der Waals surface area contributed by atoms with Gasteiger partial charge in [-0.1, -0.05) is 29.8 Å². The summed E-state index contributed by atoms with van der Waals surface area (Å²) in [5.74, 6) is -0.388. The molecule has 0 bridgehead atoms. The highest BCUT2D eigenvalue weighted by Crippen LogP contribution is 2.29. The molecule has 0 unspecified atom stereocenters. The first-order valence-corrected chi connectivity index (χ1v) is 4.80. The summed E-state index contributed by atoms with van der Waals surface area (Å²) in [5, 5.41) is 5.19. The Hall–Kier alpha value is -1.55. The molecular weight excluding hydrogens is 216 g/mol. The summed E-state index contributed by atoms with van der Waals surface area (Å²) in [6.45, 7) is 1.62. The predicted molar refractivity (Wildman–Crippen MR) is 55.5 cm³/mol. The van der Waals surface area contributed by atoms with Gasteiger partial charge in [0.2, 0.25) is 0 Å². The van der Waals surface area contributed by atoms with Crippen LogP contribution in [0.25, 0.3) is 0 Å². The van der Waals surface area contributed by atoms with Gasteiger partial charge in [-0.25, -0.2) is 4.79 Å². The van der Waals surface area contributed by atoms with E-state index in [1.807, 2.05) is 0 Å². The molecule has 1 aromatic rings. The lowest BCUT2D eigenvalue weighted by Gasteiger charge is -2.21. The van der Waals surface area contributed by atoms with Gasteiger partial charge in [0, 0.05) is 10.6 Å². The highest BCUT2D eigenvalue weighted by Gasteiger charge is 2.44. The van der Waals surface area contributed by atoms with Crippen molar-refractivity contribution >= 4 is 23.5 Å². The summed E-state index contributed by atoms with van der Waals surface area (Å²) in [5.41, 5.74) is -0.481. The van der Waals surface area contributed by atoms with Crippen molar-refractivity contribution in [2.24, 2.45) is 0 Å². The highest BCUT2D eigenvalue weighted by molar-refractivity contribution is 6.32. The van der Waals surface area contributed by atoms with Crippen LogP contribution in [0.2, 0.25) is 5.02 Å². The zero-order valence-corrected chi connectivity index (χ0v) is 8.76. The average molecular weight is 225 g/mol. The van der Waals surface area contributed by atoms with Crippen LogP contribution in [0.15, 0.2) is 24.3 Å². The summed E-state index contributed by atoms with van der Waals surface area (Å²) < 4.78 is 0. The van der Waals surface area contributed by atoms with E-state index in [0.29, 0.717) is 10.6 Å². The van der Waals surface area contributed by atoms with Crippen molar-refractivity contribution in [3.63, 3.8) is 0 Å². The Morgan fingerprint density at radius 1 is 1.27 bits per heavy atom. The summed E-state index contributed by atoms with van der Waals surface area (Å²) in [6, 6.07) is 6.43. The maximum Gasteiger partial charge on any atom is 0.322 e. The zero-order valence-electron chi connectivity index (χ0n) is 8.00. The van der Waals surface area contributed by atoms with E-state index in [-0.39, 0.29) is 5.91 Å². The van der Waals surface area contributed by atoms with Crippen molar-refractivity contribution in [2.75, 3.05) is 0 Å². The molecule has 15 heavy (non-hydrogen) atoms. The Bertz CT molecular complexity index is 447. The van der Waals surface area contributed by atoms with E-state index in [9.17, 15) is 9.59 Å². The van der Waals surface area contributed by atoms with Crippen molar-refractivity contribution in [1.29, 1.82) is 0 Å². The molecule has 78 valence electrons. The van der Waals surface area contributed by atoms with Crippen LogP contribution in [0.1, 0.15) is 12.5 Å². The molecule has 2 rings (SSSR count). The fraction of sp³-hybridized carbons (Fsp3) is 0.200. The summed E-state index contributed by atoms with van der Waals surface area (Å²) in [6.07, 6.45) is 0. The molecule has 0 saturated carbocycles. The molecule has 1 saturated heterocycles. The molecule has 0 spiro atoms. The van der Waals surface area contributed by atoms with Crippen molar-refractivity contribution in [1.82, 2.24) is 10.6 Å². The maximum absolute atomic E-state index is 11.6. The van der Waals surface area contributed by atoms with Crippen molar-refractivity contribution in [3.05, 3.63) is 34.9 Å². The predicted octanol–water partition coefficient (Wildman–Crippen LogP) is 1.39. The fourth-order valence-electron chi connectivity index (χ4n) is 1.60. The molecule has 2 N–H and O–H groups in total. The number of carbonyl (C=O) groups is 2. The minimum absolute atomic E-state index is 0.388. The quantitative estimate of drug-likeness (QED) is 0.709. The number of nitrogens with one attached hydrogen (secondary N) is 2. The largest absolute Gasteiger partial charge is 0.322 e. The van der Waals surface area contributed by atoms with Gasteiger partial charge < -0.3 is 5.32 Å². The molecule has 1 heterocycles. The summed E-state index contributed by atoms with van der Waals surface area (Å²) in [7, 11) is 0. The van der Waals surface area contributed by atoms with E-state index >= 15 is 0 Å². The van der Waals surface area contributed by atoms with Crippen molar-refractivity contribution in [3.8, 4) is 0 Å². The Morgan fingerprint density at radius 2 is 1.93 bits per heavy atom. The van der Waals surface area contributed by atoms with Crippen LogP contribution in [-0.2, 0) is 10.3 Å². The minimum atomic E-state index is -1.07. The minimum Gasteiger partial charge on any atom is -0.320 e. The molecule has 0 aromatic heterocycles. The van der Waals surface area contributed by atoms with E-state index < -0.39 is 11.6 Å². The lowest BCUT2D eigenvalue weighted by Crippen LogP contribution is -2.40. The molecule has 0 aliphatic carbocycles. The van der Waals surface area contributed by atoms with E-state index in [1.54, 1.807) is 31.2 Å². The normalized spacial score (nSPS) is 24.9. The zero-order chi connectivity index (χ0) is 11.1. The second-order valence-corrected chi connectivity index (χ2v) is 3.92. The number of imide groups is 1. The average Bonchev–Trinajstić information content (AvgIpc) is 2.42. The number of hydrogen-bond donors (Lipinski definition) is 2. The molecule has 1 atom stereocenters.